The van der Waals surface area contributed by atoms with Crippen molar-refractivity contribution < 1.29 is 14.3 Å². The molecular formula is C14H21ClN2O3. The van der Waals surface area contributed by atoms with Gasteiger partial charge in [0.15, 0.2) is 0 Å². The van der Waals surface area contributed by atoms with Crippen molar-refractivity contribution in [2.24, 2.45) is 4.51 Å². The van der Waals surface area contributed by atoms with E-state index >= 15 is 0 Å². The van der Waals surface area contributed by atoms with E-state index in [2.05, 4.69) is 14.6 Å². The molecule has 0 saturated heterocycles. The van der Waals surface area contributed by atoms with Crippen LogP contribution >= 0.6 is 11.8 Å². The summed E-state index contributed by atoms with van der Waals surface area (Å²) in [5.74, 6) is 0.757. The number of nitrogens with zero attached hydrogens (tertiary/aromatic N) is 1. The number of benzene rings is 1. The number of carbonyl (C=O) groups is 1. The smallest absolute Gasteiger partial charge is 0.337 e. The standard InChI is InChI=1S/C12H15ClN2O3.C2H6/c1-4-11(15-13)14-9-7-8(12(16)18-3)5-6-10(9)17-2;1-2/h5-7H,4H2,1-3H3,(H,14,15);1-2H3. The van der Waals surface area contributed by atoms with Crippen LogP contribution in [0.15, 0.2) is 22.7 Å². The Hall–Kier alpha value is -1.75. The van der Waals surface area contributed by atoms with Crippen molar-refractivity contribution >= 4 is 29.3 Å². The number of carbonyl (C=O) groups excluding carboxylic acids is 1. The average molecular weight is 301 g/mol. The molecule has 5 nitrogen and oxygen atoms in total. The maximum atomic E-state index is 11.4. The molecule has 1 N–H and O–H groups in total. The van der Waals surface area contributed by atoms with E-state index in [9.17, 15) is 4.79 Å². The lowest BCUT2D eigenvalue weighted by Gasteiger charge is -2.12. The van der Waals surface area contributed by atoms with E-state index in [4.69, 9.17) is 16.5 Å². The van der Waals surface area contributed by atoms with E-state index in [1.165, 1.54) is 7.11 Å². The van der Waals surface area contributed by atoms with Crippen molar-refractivity contribution in [1.82, 2.24) is 0 Å². The van der Waals surface area contributed by atoms with Crippen molar-refractivity contribution in [2.45, 2.75) is 27.2 Å². The highest BCUT2D eigenvalue weighted by Gasteiger charge is 2.11. The van der Waals surface area contributed by atoms with Gasteiger partial charge in [-0.25, -0.2) is 4.79 Å². The van der Waals surface area contributed by atoms with Crippen LogP contribution in [-0.2, 0) is 4.74 Å². The first kappa shape index (κ1) is 18.2. The molecule has 0 aromatic heterocycles. The Morgan fingerprint density at radius 2 is 2.00 bits per heavy atom. The summed E-state index contributed by atoms with van der Waals surface area (Å²) in [7, 11) is 2.87. The van der Waals surface area contributed by atoms with Crippen molar-refractivity contribution in [3.63, 3.8) is 0 Å². The molecule has 0 unspecified atom stereocenters. The van der Waals surface area contributed by atoms with E-state index in [1.807, 2.05) is 20.8 Å². The van der Waals surface area contributed by atoms with Gasteiger partial charge in [-0.3, -0.25) is 0 Å². The number of halogens is 1. The number of hydrogen-bond acceptors (Lipinski definition) is 4. The fraction of sp³-hybridized carbons (Fsp3) is 0.429. The molecule has 6 heteroatoms. The second-order valence-corrected chi connectivity index (χ2v) is 3.59. The minimum absolute atomic E-state index is 0.415. The number of methoxy groups -OCH3 is 2. The van der Waals surface area contributed by atoms with E-state index in [-0.39, 0.29) is 0 Å². The van der Waals surface area contributed by atoms with Gasteiger partial charge >= 0.3 is 5.97 Å². The zero-order chi connectivity index (χ0) is 15.5. The quantitative estimate of drug-likeness (QED) is 0.521. The van der Waals surface area contributed by atoms with Gasteiger partial charge in [0.2, 0.25) is 0 Å². The molecule has 0 aliphatic rings. The number of hydrogen-bond donors (Lipinski definition) is 1. The van der Waals surface area contributed by atoms with Crippen LogP contribution in [0.5, 0.6) is 5.75 Å². The lowest BCUT2D eigenvalue weighted by Crippen LogP contribution is -2.11. The Labute approximate surface area is 125 Å². The zero-order valence-corrected chi connectivity index (χ0v) is 13.2. The van der Waals surface area contributed by atoms with Crippen LogP contribution in [0.25, 0.3) is 0 Å². The Bertz CT molecular complexity index is 462. The Morgan fingerprint density at radius 1 is 1.35 bits per heavy atom. The molecule has 0 heterocycles. The number of amidine groups is 1. The largest absolute Gasteiger partial charge is 0.495 e. The molecular weight excluding hydrogens is 280 g/mol. The molecule has 0 spiro atoms. The Morgan fingerprint density at radius 3 is 2.45 bits per heavy atom. The number of ether oxygens (including phenoxy) is 2. The molecule has 20 heavy (non-hydrogen) atoms. The summed E-state index contributed by atoms with van der Waals surface area (Å²) in [6.45, 7) is 5.91. The van der Waals surface area contributed by atoms with Gasteiger partial charge in [0.05, 0.1) is 25.5 Å². The third-order valence-electron chi connectivity index (χ3n) is 2.34. The van der Waals surface area contributed by atoms with Crippen molar-refractivity contribution in [3.8, 4) is 5.75 Å². The summed E-state index contributed by atoms with van der Waals surface area (Å²) in [6, 6.07) is 4.93. The summed E-state index contributed by atoms with van der Waals surface area (Å²) in [6.07, 6.45) is 0.634. The summed E-state index contributed by atoms with van der Waals surface area (Å²) in [5.41, 5.74) is 1.03. The van der Waals surface area contributed by atoms with Crippen LogP contribution in [0.4, 0.5) is 5.69 Å². The van der Waals surface area contributed by atoms with E-state index in [1.54, 1.807) is 25.3 Å². The van der Waals surface area contributed by atoms with Gasteiger partial charge in [-0.2, -0.15) is 4.51 Å². The third kappa shape index (κ3) is 5.09. The normalized spacial score (nSPS) is 10.2. The van der Waals surface area contributed by atoms with Gasteiger partial charge in [-0.15, -0.1) is 0 Å². The van der Waals surface area contributed by atoms with Gasteiger partial charge in [-0.1, -0.05) is 20.8 Å². The van der Waals surface area contributed by atoms with Gasteiger partial charge in [0.1, 0.15) is 11.6 Å². The third-order valence-corrected chi connectivity index (χ3v) is 2.54. The number of rotatable bonds is 4. The van der Waals surface area contributed by atoms with Crippen molar-refractivity contribution in [1.29, 1.82) is 0 Å². The molecule has 1 rings (SSSR count). The lowest BCUT2D eigenvalue weighted by molar-refractivity contribution is 0.0601. The molecule has 0 radical (unpaired) electrons. The predicted octanol–water partition coefficient (Wildman–Crippen LogP) is 3.88. The highest BCUT2D eigenvalue weighted by molar-refractivity contribution is 6.21. The second-order valence-electron chi connectivity index (χ2n) is 3.42. The summed E-state index contributed by atoms with van der Waals surface area (Å²) in [5, 5.41) is 3.00. The first-order valence-corrected chi connectivity index (χ1v) is 6.71. The average Bonchev–Trinajstić information content (AvgIpc) is 2.53. The van der Waals surface area contributed by atoms with E-state index in [0.29, 0.717) is 29.3 Å². The monoisotopic (exact) mass is 300 g/mol. The first-order chi connectivity index (χ1) is 9.65. The Kier molecular flexibility index (Phi) is 9.20. The molecule has 0 amide bonds. The van der Waals surface area contributed by atoms with Crippen LogP contribution in [0.1, 0.15) is 37.6 Å². The molecule has 112 valence electrons. The fourth-order valence-electron chi connectivity index (χ4n) is 1.38. The van der Waals surface area contributed by atoms with Crippen LogP contribution < -0.4 is 10.1 Å². The summed E-state index contributed by atoms with van der Waals surface area (Å²) >= 11 is 5.44. The molecule has 0 bridgehead atoms. The highest BCUT2D eigenvalue weighted by Crippen LogP contribution is 2.26. The second kappa shape index (κ2) is 10.1. The van der Waals surface area contributed by atoms with Crippen LogP contribution in [0.3, 0.4) is 0 Å². The highest BCUT2D eigenvalue weighted by atomic mass is 35.5. The van der Waals surface area contributed by atoms with Crippen LogP contribution in [0.2, 0.25) is 0 Å². The minimum Gasteiger partial charge on any atom is -0.495 e. The first-order valence-electron chi connectivity index (χ1n) is 6.37. The lowest BCUT2D eigenvalue weighted by atomic mass is 10.2. The van der Waals surface area contributed by atoms with E-state index < -0.39 is 5.97 Å². The zero-order valence-electron chi connectivity index (χ0n) is 12.5. The molecule has 0 aliphatic heterocycles. The van der Waals surface area contributed by atoms with Gasteiger partial charge < -0.3 is 14.8 Å². The topological polar surface area (TPSA) is 59.9 Å². The van der Waals surface area contributed by atoms with Gasteiger partial charge in [0.25, 0.3) is 0 Å². The molecule has 0 fully saturated rings. The molecule has 0 aliphatic carbocycles. The Balaban J connectivity index is 0.00000172. The number of anilines is 1. The maximum absolute atomic E-state index is 11.4. The molecule has 1 aromatic rings. The van der Waals surface area contributed by atoms with Crippen LogP contribution in [0, 0.1) is 0 Å². The summed E-state index contributed by atoms with van der Waals surface area (Å²) < 4.78 is 13.4. The molecule has 0 atom stereocenters. The van der Waals surface area contributed by atoms with Crippen molar-refractivity contribution in [3.05, 3.63) is 23.8 Å². The van der Waals surface area contributed by atoms with Gasteiger partial charge in [0, 0.05) is 18.2 Å². The van der Waals surface area contributed by atoms with Crippen molar-refractivity contribution in [2.75, 3.05) is 19.5 Å². The molecule has 1 aromatic carbocycles. The minimum atomic E-state index is -0.415. The van der Waals surface area contributed by atoms with Gasteiger partial charge in [-0.05, 0) is 18.2 Å². The fourth-order valence-corrected chi connectivity index (χ4v) is 1.54. The number of esters is 1. The number of nitrogens with one attached hydrogen (secondary N) is 1. The summed E-state index contributed by atoms with van der Waals surface area (Å²) in [4.78, 5) is 11.4. The van der Waals surface area contributed by atoms with E-state index in [0.717, 1.165) is 0 Å². The SMILES string of the molecule is CC.CC/C(=N\Cl)Nc1cc(C(=O)OC)ccc1OC. The maximum Gasteiger partial charge on any atom is 0.337 e. The van der Waals surface area contributed by atoms with Crippen LogP contribution in [-0.4, -0.2) is 26.0 Å². The molecule has 0 saturated carbocycles. The predicted molar refractivity (Wildman–Crippen MR) is 82.9 cm³/mol.